The Morgan fingerprint density at radius 1 is 0.933 bits per heavy atom. The Bertz CT molecular complexity index is 1650. The van der Waals surface area contributed by atoms with Gasteiger partial charge in [-0.15, -0.1) is 0 Å². The number of rotatable bonds is 11. The van der Waals surface area contributed by atoms with Crippen LogP contribution in [0.15, 0.2) is 84.4 Å². The molecule has 45 heavy (non-hydrogen) atoms. The zero-order valence-corrected chi connectivity index (χ0v) is 26.1. The SMILES string of the molecule is CC(C)NCCCCCCN1N=C(c2ccc(NC(=O)N3Cc4ccncc4C3)cc2)CC(c2cccc3ncccc23)C1=O. The molecule has 0 bridgehead atoms. The molecule has 2 aromatic carbocycles. The lowest BCUT2D eigenvalue weighted by Gasteiger charge is -2.30. The lowest BCUT2D eigenvalue weighted by Crippen LogP contribution is -2.38. The molecule has 9 nitrogen and oxygen atoms in total. The molecule has 9 heteroatoms. The summed E-state index contributed by atoms with van der Waals surface area (Å²) in [6.45, 7) is 7.04. The van der Waals surface area contributed by atoms with Gasteiger partial charge in [-0.25, -0.2) is 9.80 Å². The number of carbonyl (C=O) groups is 2. The van der Waals surface area contributed by atoms with Crippen LogP contribution in [0.5, 0.6) is 0 Å². The van der Waals surface area contributed by atoms with Gasteiger partial charge in [0.25, 0.3) is 5.91 Å². The van der Waals surface area contributed by atoms with E-state index >= 15 is 0 Å². The number of pyridine rings is 2. The molecule has 2 aromatic heterocycles. The highest BCUT2D eigenvalue weighted by Crippen LogP contribution is 2.33. The number of fused-ring (bicyclic) bond motifs is 2. The second-order valence-electron chi connectivity index (χ2n) is 12.2. The number of unbranched alkanes of at least 4 members (excludes halogenated alkanes) is 3. The number of urea groups is 1. The molecule has 2 aliphatic rings. The van der Waals surface area contributed by atoms with Gasteiger partial charge in [0.2, 0.25) is 0 Å². The third-order valence-corrected chi connectivity index (χ3v) is 8.58. The van der Waals surface area contributed by atoms with Crippen molar-refractivity contribution in [2.45, 2.75) is 71.0 Å². The lowest BCUT2D eigenvalue weighted by atomic mass is 9.86. The molecule has 0 saturated heterocycles. The summed E-state index contributed by atoms with van der Waals surface area (Å²) >= 11 is 0. The summed E-state index contributed by atoms with van der Waals surface area (Å²) in [5, 5.41) is 14.1. The largest absolute Gasteiger partial charge is 0.322 e. The molecule has 232 valence electrons. The molecule has 4 aromatic rings. The van der Waals surface area contributed by atoms with Crippen LogP contribution in [0, 0.1) is 0 Å². The first kappa shape index (κ1) is 30.4. The second kappa shape index (κ2) is 14.0. The van der Waals surface area contributed by atoms with Crippen LogP contribution in [-0.4, -0.2) is 56.7 Å². The molecule has 6 rings (SSSR count). The number of nitrogens with zero attached hydrogens (tertiary/aromatic N) is 5. The summed E-state index contributed by atoms with van der Waals surface area (Å²) in [4.78, 5) is 37.4. The van der Waals surface area contributed by atoms with Crippen molar-refractivity contribution in [2.24, 2.45) is 5.10 Å². The van der Waals surface area contributed by atoms with Crippen LogP contribution in [0.2, 0.25) is 0 Å². The first-order chi connectivity index (χ1) is 22.0. The standard InChI is InChI=1S/C36H41N7O2/c1-25(2)38-17-5-3-4-6-20-43-35(44)32(30-9-7-11-33-31(30)10-8-18-39-33)21-34(41-43)26-12-14-29(15-13-26)40-36(45)42-23-27-16-19-37-22-28(27)24-42/h7-16,18-19,22,25,32,38H,3-6,17,20-21,23-24H2,1-2H3,(H,40,45). The van der Waals surface area contributed by atoms with Crippen molar-refractivity contribution in [3.8, 4) is 0 Å². The van der Waals surface area contributed by atoms with Gasteiger partial charge >= 0.3 is 6.03 Å². The number of hydrogen-bond donors (Lipinski definition) is 2. The van der Waals surface area contributed by atoms with E-state index in [1.54, 1.807) is 22.3 Å². The van der Waals surface area contributed by atoms with E-state index in [-0.39, 0.29) is 17.9 Å². The van der Waals surface area contributed by atoms with E-state index in [2.05, 4.69) is 34.4 Å². The average Bonchev–Trinajstić information content (AvgIpc) is 3.50. The Morgan fingerprint density at radius 2 is 1.76 bits per heavy atom. The summed E-state index contributed by atoms with van der Waals surface area (Å²) in [5.74, 6) is -0.325. The average molecular weight is 604 g/mol. The number of nitrogens with one attached hydrogen (secondary N) is 2. The maximum absolute atomic E-state index is 13.9. The van der Waals surface area contributed by atoms with Crippen molar-refractivity contribution >= 4 is 34.2 Å². The van der Waals surface area contributed by atoms with Crippen molar-refractivity contribution in [3.63, 3.8) is 0 Å². The van der Waals surface area contributed by atoms with Crippen LogP contribution in [0.25, 0.3) is 10.9 Å². The van der Waals surface area contributed by atoms with E-state index in [4.69, 9.17) is 5.10 Å². The second-order valence-corrected chi connectivity index (χ2v) is 12.2. The normalized spacial score (nSPS) is 16.3. The van der Waals surface area contributed by atoms with E-state index in [1.807, 2.05) is 66.9 Å². The predicted octanol–water partition coefficient (Wildman–Crippen LogP) is 6.46. The van der Waals surface area contributed by atoms with Crippen molar-refractivity contribution in [1.82, 2.24) is 25.2 Å². The highest BCUT2D eigenvalue weighted by atomic mass is 16.2. The third-order valence-electron chi connectivity index (χ3n) is 8.58. The molecular weight excluding hydrogens is 562 g/mol. The molecular formula is C36H41N7O2. The van der Waals surface area contributed by atoms with Gasteiger partial charge in [0.15, 0.2) is 0 Å². The van der Waals surface area contributed by atoms with E-state index in [0.717, 1.165) is 71.1 Å². The highest BCUT2D eigenvalue weighted by Gasteiger charge is 2.33. The monoisotopic (exact) mass is 603 g/mol. The molecule has 0 aliphatic carbocycles. The smallest absolute Gasteiger partial charge is 0.316 e. The van der Waals surface area contributed by atoms with Crippen molar-refractivity contribution in [1.29, 1.82) is 0 Å². The Balaban J connectivity index is 1.17. The Labute approximate surface area is 264 Å². The lowest BCUT2D eigenvalue weighted by molar-refractivity contribution is -0.133. The fourth-order valence-electron chi connectivity index (χ4n) is 6.15. The Morgan fingerprint density at radius 3 is 2.58 bits per heavy atom. The number of carbonyl (C=O) groups excluding carboxylic acids is 2. The van der Waals surface area contributed by atoms with Gasteiger partial charge < -0.3 is 15.5 Å². The molecule has 1 unspecified atom stereocenters. The molecule has 0 saturated carbocycles. The minimum atomic E-state index is -0.355. The fraction of sp³-hybridized carbons (Fsp3) is 0.361. The van der Waals surface area contributed by atoms with Crippen molar-refractivity contribution in [2.75, 3.05) is 18.4 Å². The predicted molar refractivity (Wildman–Crippen MR) is 178 cm³/mol. The number of aromatic nitrogens is 2. The van der Waals surface area contributed by atoms with Crippen molar-refractivity contribution in [3.05, 3.63) is 102 Å². The molecule has 4 heterocycles. The van der Waals surface area contributed by atoms with Crippen LogP contribution < -0.4 is 10.6 Å². The molecule has 0 radical (unpaired) electrons. The Kier molecular flexibility index (Phi) is 9.45. The molecule has 3 amide bonds. The van der Waals surface area contributed by atoms with E-state index in [1.165, 1.54) is 0 Å². The number of benzene rings is 2. The first-order valence-electron chi connectivity index (χ1n) is 16.0. The Hall–Kier alpha value is -4.63. The van der Waals surface area contributed by atoms with Gasteiger partial charge in [-0.1, -0.05) is 57.0 Å². The zero-order valence-electron chi connectivity index (χ0n) is 26.1. The number of amides is 3. The summed E-state index contributed by atoms with van der Waals surface area (Å²) in [6.07, 6.45) is 10.0. The zero-order chi connectivity index (χ0) is 31.2. The first-order valence-corrected chi connectivity index (χ1v) is 16.0. The van der Waals surface area contributed by atoms with Crippen LogP contribution >= 0.6 is 0 Å². The van der Waals surface area contributed by atoms with E-state index in [0.29, 0.717) is 37.8 Å². The molecule has 0 spiro atoms. The van der Waals surface area contributed by atoms with Gasteiger partial charge in [0.05, 0.1) is 17.1 Å². The summed E-state index contributed by atoms with van der Waals surface area (Å²) in [7, 11) is 0. The molecule has 2 aliphatic heterocycles. The van der Waals surface area contributed by atoms with E-state index < -0.39 is 0 Å². The molecule has 0 fully saturated rings. The van der Waals surface area contributed by atoms with Crippen LogP contribution in [-0.2, 0) is 17.9 Å². The van der Waals surface area contributed by atoms with Crippen LogP contribution in [0.1, 0.15) is 74.1 Å². The van der Waals surface area contributed by atoms with Gasteiger partial charge in [-0.3, -0.25) is 14.8 Å². The van der Waals surface area contributed by atoms with Gasteiger partial charge in [-0.05, 0) is 72.0 Å². The summed E-state index contributed by atoms with van der Waals surface area (Å²) in [6, 6.07) is 20.1. The molecule has 2 N–H and O–H groups in total. The van der Waals surface area contributed by atoms with Gasteiger partial charge in [0.1, 0.15) is 0 Å². The highest BCUT2D eigenvalue weighted by molar-refractivity contribution is 6.07. The number of hydrazone groups is 1. The number of anilines is 1. The third kappa shape index (κ3) is 7.20. The quantitative estimate of drug-likeness (QED) is 0.192. The summed E-state index contributed by atoms with van der Waals surface area (Å²) in [5.41, 5.74) is 6.59. The molecule has 1 atom stereocenters. The van der Waals surface area contributed by atoms with Gasteiger partial charge in [0, 0.05) is 61.8 Å². The van der Waals surface area contributed by atoms with Crippen LogP contribution in [0.3, 0.4) is 0 Å². The van der Waals surface area contributed by atoms with Crippen LogP contribution in [0.4, 0.5) is 10.5 Å². The summed E-state index contributed by atoms with van der Waals surface area (Å²) < 4.78 is 0. The maximum Gasteiger partial charge on any atom is 0.322 e. The van der Waals surface area contributed by atoms with Gasteiger partial charge in [-0.2, -0.15) is 5.10 Å². The number of hydrogen-bond acceptors (Lipinski definition) is 6. The fourth-order valence-corrected chi connectivity index (χ4v) is 6.15. The topological polar surface area (TPSA) is 103 Å². The minimum absolute atomic E-state index is 0.0299. The van der Waals surface area contributed by atoms with Crippen molar-refractivity contribution < 1.29 is 9.59 Å². The maximum atomic E-state index is 13.9. The minimum Gasteiger partial charge on any atom is -0.316 e. The van der Waals surface area contributed by atoms with E-state index in [9.17, 15) is 9.59 Å².